The first-order valence-electron chi connectivity index (χ1n) is 16.4. The number of carbonyl (C=O) groups excluding carboxylic acids is 1. The van der Waals surface area contributed by atoms with E-state index >= 15 is 0 Å². The molecule has 1 fully saturated rings. The number of aliphatic carboxylic acids is 3. The van der Waals surface area contributed by atoms with Crippen LogP contribution >= 0.6 is 11.3 Å². The lowest BCUT2D eigenvalue weighted by Crippen LogP contribution is -2.39. The van der Waals surface area contributed by atoms with E-state index in [4.69, 9.17) is 34.6 Å². The zero-order valence-corrected chi connectivity index (χ0v) is 31.8. The Kier molecular flexibility index (Phi) is 14.9. The fourth-order valence-corrected chi connectivity index (χ4v) is 6.21. The highest BCUT2D eigenvalue weighted by molar-refractivity contribution is 7.13. The Morgan fingerprint density at radius 2 is 1.33 bits per heavy atom. The second kappa shape index (κ2) is 17.6. The summed E-state index contributed by atoms with van der Waals surface area (Å²) in [5.74, 6) is -5.17. The fourth-order valence-electron chi connectivity index (χ4n) is 5.32. The molecule has 0 unspecified atom stereocenters. The summed E-state index contributed by atoms with van der Waals surface area (Å²) in [5.41, 5.74) is 5.72. The number of rotatable bonds is 7. The number of aromatic nitrogens is 3. The smallest absolute Gasteiger partial charge is 0.490 e. The minimum Gasteiger partial charge on any atom is -0.496 e. The van der Waals surface area contributed by atoms with Crippen molar-refractivity contribution in [2.45, 2.75) is 103 Å². The van der Waals surface area contributed by atoms with Crippen molar-refractivity contribution in [1.29, 1.82) is 0 Å². The van der Waals surface area contributed by atoms with Crippen molar-refractivity contribution in [1.82, 2.24) is 19.7 Å². The summed E-state index contributed by atoms with van der Waals surface area (Å²) in [6.07, 6.45) is -6.84. The van der Waals surface area contributed by atoms with E-state index in [1.165, 1.54) is 11.1 Å². The first kappa shape index (κ1) is 45.5. The molecule has 3 N–H and O–H groups in total. The number of likely N-dealkylation sites (tertiary alicyclic amines) is 1. The van der Waals surface area contributed by atoms with Crippen LogP contribution in [0.25, 0.3) is 10.6 Å². The number of carbonyl (C=O) groups is 4. The van der Waals surface area contributed by atoms with E-state index < -0.39 is 30.3 Å². The maximum absolute atomic E-state index is 12.9. The van der Waals surface area contributed by atoms with Gasteiger partial charge in [0.2, 0.25) is 5.91 Å². The predicted molar refractivity (Wildman–Crippen MR) is 186 cm³/mol. The van der Waals surface area contributed by atoms with Crippen LogP contribution in [-0.2, 0) is 43.0 Å². The average Bonchev–Trinajstić information content (AvgIpc) is 3.65. The molecule has 0 aliphatic carbocycles. The van der Waals surface area contributed by atoms with Crippen molar-refractivity contribution in [3.05, 3.63) is 51.8 Å². The maximum Gasteiger partial charge on any atom is 0.490 e. The van der Waals surface area contributed by atoms with E-state index in [2.05, 4.69) is 64.2 Å². The van der Waals surface area contributed by atoms with Crippen molar-refractivity contribution in [2.24, 2.45) is 0 Å². The Labute approximate surface area is 311 Å². The van der Waals surface area contributed by atoms with Gasteiger partial charge in [0.15, 0.2) is 0 Å². The lowest BCUT2D eigenvalue weighted by molar-refractivity contribution is -0.193. The number of methoxy groups -OCH3 is 1. The van der Waals surface area contributed by atoms with Gasteiger partial charge in [-0.1, -0.05) is 41.5 Å². The number of amides is 1. The van der Waals surface area contributed by atoms with Crippen LogP contribution in [0.4, 0.5) is 26.3 Å². The zero-order chi connectivity index (χ0) is 41.6. The minimum absolute atomic E-state index is 0.00411. The van der Waals surface area contributed by atoms with Crippen LogP contribution in [0.15, 0.2) is 23.7 Å². The molecule has 1 aliphatic rings. The van der Waals surface area contributed by atoms with Crippen molar-refractivity contribution in [2.75, 3.05) is 20.2 Å². The van der Waals surface area contributed by atoms with Crippen LogP contribution in [0, 0.1) is 6.92 Å². The highest BCUT2D eigenvalue weighted by Gasteiger charge is 2.39. The molecular weight excluding hydrogens is 750 g/mol. The molecule has 1 aliphatic heterocycles. The van der Waals surface area contributed by atoms with E-state index in [1.807, 2.05) is 11.8 Å². The largest absolute Gasteiger partial charge is 0.496 e. The summed E-state index contributed by atoms with van der Waals surface area (Å²) in [4.78, 5) is 48.7. The van der Waals surface area contributed by atoms with Gasteiger partial charge in [0.05, 0.1) is 24.9 Å². The van der Waals surface area contributed by atoms with E-state index in [9.17, 15) is 35.9 Å². The third kappa shape index (κ3) is 13.0. The second-order valence-corrected chi connectivity index (χ2v) is 15.3. The van der Waals surface area contributed by atoms with Gasteiger partial charge in [0.25, 0.3) is 0 Å². The van der Waals surface area contributed by atoms with Crippen LogP contribution in [0.1, 0.15) is 88.4 Å². The van der Waals surface area contributed by atoms with E-state index in [-0.39, 0.29) is 29.7 Å². The van der Waals surface area contributed by atoms with Crippen molar-refractivity contribution in [3.63, 3.8) is 0 Å². The van der Waals surface area contributed by atoms with Crippen LogP contribution in [0.3, 0.4) is 0 Å². The minimum atomic E-state index is -5.08. The van der Waals surface area contributed by atoms with Crippen LogP contribution < -0.4 is 4.74 Å². The number of hydrogen-bond donors (Lipinski definition) is 3. The molecule has 4 rings (SSSR count). The quantitative estimate of drug-likeness (QED) is 0.208. The highest BCUT2D eigenvalue weighted by atomic mass is 32.1. The molecule has 1 aromatic carbocycles. The Morgan fingerprint density at radius 3 is 1.72 bits per heavy atom. The summed E-state index contributed by atoms with van der Waals surface area (Å²) < 4.78 is 71.0. The van der Waals surface area contributed by atoms with Gasteiger partial charge in [-0.2, -0.15) is 31.4 Å². The summed E-state index contributed by atoms with van der Waals surface area (Å²) in [5, 5.41) is 30.8. The molecule has 2 aromatic heterocycles. The summed E-state index contributed by atoms with van der Waals surface area (Å²) in [6, 6.07) is 4.47. The Balaban J connectivity index is 0.000000610. The molecule has 0 bridgehead atoms. The molecule has 1 saturated heterocycles. The lowest BCUT2D eigenvalue weighted by atomic mass is 9.78. The molecule has 19 heteroatoms. The van der Waals surface area contributed by atoms with Crippen LogP contribution in [-0.4, -0.2) is 91.4 Å². The molecule has 0 spiro atoms. The van der Waals surface area contributed by atoms with Gasteiger partial charge >= 0.3 is 30.3 Å². The van der Waals surface area contributed by atoms with Crippen molar-refractivity contribution >= 4 is 35.2 Å². The Hall–Kier alpha value is -4.68. The zero-order valence-electron chi connectivity index (χ0n) is 31.0. The number of aryl methyl sites for hydroxylation is 1. The van der Waals surface area contributed by atoms with E-state index in [0.29, 0.717) is 24.7 Å². The third-order valence-electron chi connectivity index (χ3n) is 8.09. The Bertz CT molecular complexity index is 1740. The van der Waals surface area contributed by atoms with Crippen LogP contribution in [0.2, 0.25) is 0 Å². The normalized spacial score (nSPS) is 14.0. The molecule has 0 atom stereocenters. The summed E-state index contributed by atoms with van der Waals surface area (Å²) >= 11 is 1.68. The van der Waals surface area contributed by atoms with Gasteiger partial charge in [0, 0.05) is 47.3 Å². The molecule has 54 heavy (non-hydrogen) atoms. The number of carboxylic acids is 3. The lowest BCUT2D eigenvalue weighted by Gasteiger charge is -2.31. The van der Waals surface area contributed by atoms with Gasteiger partial charge in [-0.05, 0) is 48.3 Å². The number of hydrogen-bond acceptors (Lipinski definition) is 8. The first-order chi connectivity index (χ1) is 24.6. The van der Waals surface area contributed by atoms with Crippen molar-refractivity contribution < 1.29 is 65.6 Å². The number of halogens is 6. The molecule has 0 saturated carbocycles. The molecule has 0 radical (unpaired) electrons. The SMILES string of the molecule is COc1c(C(C)(C)C)cc(-c2nc(C3CCN(C(=O)Cn4cc(C)c(CC(=O)O)n4)CC3)cs2)cc1C(C)(C)C.O=C(O)C(F)(F)F.O=C(O)C(F)(F)F. The topological polar surface area (TPSA) is 172 Å². The highest BCUT2D eigenvalue weighted by Crippen LogP contribution is 2.43. The number of nitrogens with zero attached hydrogens (tertiary/aromatic N) is 4. The molecule has 3 heterocycles. The van der Waals surface area contributed by atoms with Gasteiger partial charge in [-0.15, -0.1) is 11.3 Å². The molecule has 12 nitrogen and oxygen atoms in total. The number of thiazole rings is 1. The number of carboxylic acid groups (broad SMARTS) is 3. The molecule has 300 valence electrons. The first-order valence-corrected chi connectivity index (χ1v) is 17.3. The summed E-state index contributed by atoms with van der Waals surface area (Å²) in [7, 11) is 1.75. The molecule has 3 aromatic rings. The van der Waals surface area contributed by atoms with Gasteiger partial charge in [-0.3, -0.25) is 14.3 Å². The second-order valence-electron chi connectivity index (χ2n) is 14.5. The summed E-state index contributed by atoms with van der Waals surface area (Å²) in [6.45, 7) is 16.6. The number of ether oxygens (including phenoxy) is 1. The molecule has 1 amide bonds. The van der Waals surface area contributed by atoms with Gasteiger partial charge < -0.3 is 25.0 Å². The van der Waals surface area contributed by atoms with E-state index in [0.717, 1.165) is 40.4 Å². The van der Waals surface area contributed by atoms with Crippen molar-refractivity contribution in [3.8, 4) is 16.3 Å². The predicted octanol–water partition coefficient (Wildman–Crippen LogP) is 7.22. The van der Waals surface area contributed by atoms with E-state index in [1.54, 1.807) is 29.3 Å². The Morgan fingerprint density at radius 1 is 0.870 bits per heavy atom. The van der Waals surface area contributed by atoms with Gasteiger partial charge in [0.1, 0.15) is 17.3 Å². The number of alkyl halides is 6. The standard InChI is InChI=1S/C31H42N4O4S.2C2HF3O2/c1-19-16-35(33-24(19)15-27(37)38)17-26(36)34-11-9-20(10-12-34)25-18-40-29(32-25)21-13-22(30(2,3)4)28(39-8)23(14-21)31(5,6)7;2*3-2(4,5)1(6)7/h13-14,16,18,20H,9-12,15,17H2,1-8H3,(H,37,38);2*(H,6,7). The molecular formula is C35H44F6N4O8S. The number of benzene rings is 1. The van der Waals surface area contributed by atoms with Gasteiger partial charge in [-0.25, -0.2) is 14.6 Å². The average molecular weight is 795 g/mol. The van der Waals surface area contributed by atoms with Crippen LogP contribution in [0.5, 0.6) is 5.75 Å². The maximum atomic E-state index is 12.9. The monoisotopic (exact) mass is 794 g/mol. The number of piperidine rings is 1. The fraction of sp³-hybridized carbons (Fsp3) is 0.543. The third-order valence-corrected chi connectivity index (χ3v) is 9.00.